The molecular weight excluding hydrogens is 250 g/mol. The first-order valence-corrected chi connectivity index (χ1v) is 7.44. The molecule has 0 bridgehead atoms. The van der Waals surface area contributed by atoms with E-state index < -0.39 is 0 Å². The zero-order valence-corrected chi connectivity index (χ0v) is 12.4. The van der Waals surface area contributed by atoms with Gasteiger partial charge in [-0.15, -0.1) is 10.2 Å². The Hall–Kier alpha value is -1.84. The Kier molecular flexibility index (Phi) is 5.59. The number of hydrogen-bond donors (Lipinski definition) is 1. The molecule has 1 N–H and O–H groups in total. The minimum Gasteiger partial charge on any atom is -0.421 e. The van der Waals surface area contributed by atoms with Gasteiger partial charge in [-0.1, -0.05) is 44.7 Å². The van der Waals surface area contributed by atoms with Crippen molar-refractivity contribution in [3.63, 3.8) is 0 Å². The van der Waals surface area contributed by atoms with E-state index in [0.717, 1.165) is 17.8 Å². The molecule has 1 aromatic heterocycles. The van der Waals surface area contributed by atoms with Crippen molar-refractivity contribution in [3.05, 3.63) is 30.2 Å². The summed E-state index contributed by atoms with van der Waals surface area (Å²) in [5.74, 6) is 1.17. The lowest BCUT2D eigenvalue weighted by atomic mass is 10.1. The van der Waals surface area contributed by atoms with Gasteiger partial charge in [-0.05, 0) is 18.6 Å². The van der Waals surface area contributed by atoms with Crippen molar-refractivity contribution in [1.82, 2.24) is 10.2 Å². The first kappa shape index (κ1) is 14.6. The molecule has 0 fully saturated rings. The van der Waals surface area contributed by atoms with E-state index >= 15 is 0 Å². The number of hydrogen-bond acceptors (Lipinski definition) is 4. The van der Waals surface area contributed by atoms with Crippen LogP contribution in [0.25, 0.3) is 11.5 Å². The van der Waals surface area contributed by atoms with Crippen LogP contribution in [-0.4, -0.2) is 16.7 Å². The van der Waals surface area contributed by atoms with Crippen LogP contribution < -0.4 is 5.32 Å². The van der Waals surface area contributed by atoms with Crippen LogP contribution in [0.1, 0.15) is 44.9 Å². The van der Waals surface area contributed by atoms with E-state index in [1.165, 1.54) is 32.1 Å². The largest absolute Gasteiger partial charge is 0.421 e. The fraction of sp³-hybridized carbons (Fsp3) is 0.500. The number of para-hydroxylation sites is 1. The van der Waals surface area contributed by atoms with Crippen LogP contribution in [0, 0.1) is 6.92 Å². The molecule has 20 heavy (non-hydrogen) atoms. The minimum atomic E-state index is 0.580. The van der Waals surface area contributed by atoms with Gasteiger partial charge in [0.2, 0.25) is 11.8 Å². The van der Waals surface area contributed by atoms with Crippen molar-refractivity contribution < 1.29 is 4.42 Å². The summed E-state index contributed by atoms with van der Waals surface area (Å²) >= 11 is 0. The second kappa shape index (κ2) is 7.68. The van der Waals surface area contributed by atoms with Gasteiger partial charge >= 0.3 is 0 Å². The Morgan fingerprint density at radius 1 is 1.05 bits per heavy atom. The van der Waals surface area contributed by atoms with Crippen LogP contribution in [-0.2, 0) is 0 Å². The molecule has 0 atom stereocenters. The Labute approximate surface area is 120 Å². The number of anilines is 1. The summed E-state index contributed by atoms with van der Waals surface area (Å²) in [4.78, 5) is 0. The maximum atomic E-state index is 5.51. The van der Waals surface area contributed by atoms with Crippen molar-refractivity contribution in [2.24, 2.45) is 0 Å². The predicted octanol–water partition coefficient (Wildman–Crippen LogP) is 4.43. The molecule has 1 heterocycles. The maximum absolute atomic E-state index is 5.51. The molecule has 0 aliphatic heterocycles. The Morgan fingerprint density at radius 2 is 1.85 bits per heavy atom. The van der Waals surface area contributed by atoms with Gasteiger partial charge in [0.15, 0.2) is 0 Å². The van der Waals surface area contributed by atoms with E-state index in [1.807, 2.05) is 18.2 Å². The summed E-state index contributed by atoms with van der Waals surface area (Å²) in [5.41, 5.74) is 2.04. The van der Waals surface area contributed by atoms with E-state index in [1.54, 1.807) is 6.92 Å². The fourth-order valence-corrected chi connectivity index (χ4v) is 2.18. The molecule has 0 saturated heterocycles. The molecule has 108 valence electrons. The van der Waals surface area contributed by atoms with Gasteiger partial charge in [0.1, 0.15) is 0 Å². The van der Waals surface area contributed by atoms with Gasteiger partial charge < -0.3 is 9.73 Å². The molecule has 0 aliphatic carbocycles. The quantitative estimate of drug-likeness (QED) is 0.723. The summed E-state index contributed by atoms with van der Waals surface area (Å²) in [7, 11) is 0. The Balaban J connectivity index is 1.91. The summed E-state index contributed by atoms with van der Waals surface area (Å²) in [6.45, 7) is 5.02. The van der Waals surface area contributed by atoms with E-state index in [4.69, 9.17) is 4.42 Å². The van der Waals surface area contributed by atoms with E-state index in [2.05, 4.69) is 28.5 Å². The SMILES string of the molecule is CCCCCCCNc1ccccc1-c1nnc(C)o1. The number of aryl methyl sites for hydroxylation is 1. The molecule has 2 rings (SSSR count). The van der Waals surface area contributed by atoms with Crippen molar-refractivity contribution in [2.45, 2.75) is 46.0 Å². The van der Waals surface area contributed by atoms with Crippen LogP contribution in [0.3, 0.4) is 0 Å². The fourth-order valence-electron chi connectivity index (χ4n) is 2.18. The number of nitrogens with one attached hydrogen (secondary N) is 1. The molecule has 0 radical (unpaired) electrons. The Morgan fingerprint density at radius 3 is 2.60 bits per heavy atom. The van der Waals surface area contributed by atoms with Crippen LogP contribution >= 0.6 is 0 Å². The third kappa shape index (κ3) is 4.08. The zero-order valence-electron chi connectivity index (χ0n) is 12.4. The molecule has 4 nitrogen and oxygen atoms in total. The average molecular weight is 273 g/mol. The summed E-state index contributed by atoms with van der Waals surface area (Å²) in [5, 5.41) is 11.4. The van der Waals surface area contributed by atoms with Gasteiger partial charge in [0, 0.05) is 19.2 Å². The molecule has 0 unspecified atom stereocenters. The van der Waals surface area contributed by atoms with Crippen LogP contribution in [0.2, 0.25) is 0 Å². The lowest BCUT2D eigenvalue weighted by molar-refractivity contribution is 0.533. The number of nitrogens with zero attached hydrogens (tertiary/aromatic N) is 2. The topological polar surface area (TPSA) is 51.0 Å². The van der Waals surface area contributed by atoms with Gasteiger partial charge in [0.05, 0.1) is 5.56 Å². The number of rotatable bonds is 8. The monoisotopic (exact) mass is 273 g/mol. The lowest BCUT2D eigenvalue weighted by Crippen LogP contribution is -2.02. The third-order valence-electron chi connectivity index (χ3n) is 3.28. The van der Waals surface area contributed by atoms with Gasteiger partial charge in [-0.2, -0.15) is 0 Å². The molecule has 0 amide bonds. The van der Waals surface area contributed by atoms with Gasteiger partial charge in [-0.25, -0.2) is 0 Å². The van der Waals surface area contributed by atoms with E-state index in [0.29, 0.717) is 11.8 Å². The first-order valence-electron chi connectivity index (χ1n) is 7.44. The molecule has 1 aromatic carbocycles. The summed E-state index contributed by atoms with van der Waals surface area (Å²) < 4.78 is 5.51. The van der Waals surface area contributed by atoms with Crippen molar-refractivity contribution >= 4 is 5.69 Å². The maximum Gasteiger partial charge on any atom is 0.249 e. The molecule has 4 heteroatoms. The van der Waals surface area contributed by atoms with Gasteiger partial charge in [-0.3, -0.25) is 0 Å². The number of unbranched alkanes of at least 4 members (excludes halogenated alkanes) is 4. The Bertz CT molecular complexity index is 522. The van der Waals surface area contributed by atoms with Crippen molar-refractivity contribution in [1.29, 1.82) is 0 Å². The van der Waals surface area contributed by atoms with Crippen LogP contribution in [0.5, 0.6) is 0 Å². The average Bonchev–Trinajstić information content (AvgIpc) is 2.89. The summed E-state index contributed by atoms with van der Waals surface area (Å²) in [6.07, 6.45) is 6.41. The molecule has 0 saturated carbocycles. The molecule has 0 aliphatic rings. The second-order valence-electron chi connectivity index (χ2n) is 5.01. The highest BCUT2D eigenvalue weighted by molar-refractivity contribution is 5.72. The van der Waals surface area contributed by atoms with E-state index in [-0.39, 0.29) is 0 Å². The smallest absolute Gasteiger partial charge is 0.249 e. The minimum absolute atomic E-state index is 0.580. The van der Waals surface area contributed by atoms with E-state index in [9.17, 15) is 0 Å². The standard InChI is InChI=1S/C16H23N3O/c1-3-4-5-6-9-12-17-15-11-8-7-10-14(15)16-19-18-13(2)20-16/h7-8,10-11,17H,3-6,9,12H2,1-2H3. The first-order chi connectivity index (χ1) is 9.81. The molecule has 2 aromatic rings. The van der Waals surface area contributed by atoms with Crippen molar-refractivity contribution in [3.8, 4) is 11.5 Å². The second-order valence-corrected chi connectivity index (χ2v) is 5.01. The number of aromatic nitrogens is 2. The third-order valence-corrected chi connectivity index (χ3v) is 3.28. The van der Waals surface area contributed by atoms with Crippen LogP contribution in [0.4, 0.5) is 5.69 Å². The van der Waals surface area contributed by atoms with Crippen LogP contribution in [0.15, 0.2) is 28.7 Å². The van der Waals surface area contributed by atoms with Gasteiger partial charge in [0.25, 0.3) is 0 Å². The highest BCUT2D eigenvalue weighted by atomic mass is 16.4. The predicted molar refractivity (Wildman–Crippen MR) is 81.7 cm³/mol. The lowest BCUT2D eigenvalue weighted by Gasteiger charge is -2.09. The highest BCUT2D eigenvalue weighted by Crippen LogP contribution is 2.26. The zero-order chi connectivity index (χ0) is 14.2. The normalized spacial score (nSPS) is 10.7. The summed E-state index contributed by atoms with van der Waals surface area (Å²) in [6, 6.07) is 8.07. The molecular formula is C16H23N3O. The highest BCUT2D eigenvalue weighted by Gasteiger charge is 2.10. The van der Waals surface area contributed by atoms with Crippen molar-refractivity contribution in [2.75, 3.05) is 11.9 Å². The number of benzene rings is 1. The molecule has 0 spiro atoms.